The molecule has 1 aromatic carbocycles. The van der Waals surface area contributed by atoms with E-state index in [0.717, 1.165) is 29.2 Å². The number of halogens is 1. The Balaban J connectivity index is 1.68. The summed E-state index contributed by atoms with van der Waals surface area (Å²) in [6.45, 7) is 8.46. The first kappa shape index (κ1) is 15.8. The first-order chi connectivity index (χ1) is 10.6. The highest BCUT2D eigenvalue weighted by molar-refractivity contribution is 5.49. The average molecular weight is 300 g/mol. The van der Waals surface area contributed by atoms with Crippen LogP contribution in [0.3, 0.4) is 0 Å². The van der Waals surface area contributed by atoms with Crippen LogP contribution in [-0.4, -0.2) is 0 Å². The zero-order valence-electron chi connectivity index (χ0n) is 14.0. The van der Waals surface area contributed by atoms with Gasteiger partial charge in [0, 0.05) is 0 Å². The third-order valence-electron chi connectivity index (χ3n) is 6.42. The van der Waals surface area contributed by atoms with Gasteiger partial charge in [0.2, 0.25) is 0 Å². The van der Waals surface area contributed by atoms with Crippen LogP contribution in [0.25, 0.3) is 6.08 Å². The molecule has 2 aliphatic rings. The third kappa shape index (κ3) is 3.00. The van der Waals surface area contributed by atoms with Gasteiger partial charge in [0.15, 0.2) is 0 Å². The maximum absolute atomic E-state index is 13.8. The molecule has 0 nitrogen and oxygen atoms in total. The summed E-state index contributed by atoms with van der Waals surface area (Å²) in [5.41, 5.74) is 2.12. The van der Waals surface area contributed by atoms with Crippen molar-refractivity contribution in [1.29, 1.82) is 0 Å². The van der Waals surface area contributed by atoms with E-state index < -0.39 is 0 Å². The van der Waals surface area contributed by atoms with Gasteiger partial charge in [-0.2, -0.15) is 0 Å². The second kappa shape index (κ2) is 6.56. The van der Waals surface area contributed by atoms with Crippen molar-refractivity contribution >= 4 is 6.08 Å². The molecule has 0 amide bonds. The Morgan fingerprint density at radius 3 is 2.27 bits per heavy atom. The molecule has 2 saturated carbocycles. The van der Waals surface area contributed by atoms with E-state index in [1.165, 1.54) is 44.1 Å². The quantitative estimate of drug-likeness (QED) is 0.588. The molecule has 2 fully saturated rings. The molecule has 0 saturated heterocycles. The average Bonchev–Trinajstić information content (AvgIpc) is 3.06. The Kier molecular flexibility index (Phi) is 4.70. The second-order valence-electron chi connectivity index (χ2n) is 7.52. The van der Waals surface area contributed by atoms with Crippen molar-refractivity contribution in [2.24, 2.45) is 23.7 Å². The van der Waals surface area contributed by atoms with Crippen LogP contribution in [0.4, 0.5) is 4.39 Å². The van der Waals surface area contributed by atoms with Crippen LogP contribution >= 0.6 is 0 Å². The standard InChI is InChI=1S/C21H29F/c1-4-14-7-16(13-21(22)8-14)18-11-19-9-17(10-20(19)12-18)15(5-2)6-3/h4,7-8,13,15,17-20H,1,5-6,9-12H2,2-3H3. The minimum Gasteiger partial charge on any atom is -0.207 e. The smallest absolute Gasteiger partial charge is 0.124 e. The Morgan fingerprint density at radius 1 is 1.09 bits per heavy atom. The highest BCUT2D eigenvalue weighted by Gasteiger charge is 2.43. The first-order valence-corrected chi connectivity index (χ1v) is 9.07. The van der Waals surface area contributed by atoms with E-state index in [1.54, 1.807) is 18.2 Å². The fourth-order valence-corrected chi connectivity index (χ4v) is 5.27. The Bertz CT molecular complexity index is 515. The van der Waals surface area contributed by atoms with Crippen molar-refractivity contribution in [2.75, 3.05) is 0 Å². The van der Waals surface area contributed by atoms with Crippen molar-refractivity contribution in [3.63, 3.8) is 0 Å². The molecule has 0 bridgehead atoms. The maximum atomic E-state index is 13.8. The van der Waals surface area contributed by atoms with Crippen LogP contribution in [0.2, 0.25) is 0 Å². The summed E-state index contributed by atoms with van der Waals surface area (Å²) < 4.78 is 13.8. The van der Waals surface area contributed by atoms with Crippen molar-refractivity contribution < 1.29 is 4.39 Å². The molecule has 0 heterocycles. The predicted octanol–water partition coefficient (Wildman–Crippen LogP) is 6.42. The topological polar surface area (TPSA) is 0 Å². The van der Waals surface area contributed by atoms with Crippen molar-refractivity contribution in [3.8, 4) is 0 Å². The van der Waals surface area contributed by atoms with Crippen LogP contribution in [0, 0.1) is 29.5 Å². The first-order valence-electron chi connectivity index (χ1n) is 9.07. The fraction of sp³-hybridized carbons (Fsp3) is 0.619. The second-order valence-corrected chi connectivity index (χ2v) is 7.52. The highest BCUT2D eigenvalue weighted by atomic mass is 19.1. The van der Waals surface area contributed by atoms with Crippen molar-refractivity contribution in [3.05, 3.63) is 41.7 Å². The summed E-state index contributed by atoms with van der Waals surface area (Å²) in [6, 6.07) is 5.46. The molecule has 0 N–H and O–H groups in total. The molecule has 0 aliphatic heterocycles. The van der Waals surface area contributed by atoms with Crippen LogP contribution in [0.15, 0.2) is 24.8 Å². The molecule has 1 heteroatoms. The number of rotatable bonds is 5. The van der Waals surface area contributed by atoms with Gasteiger partial charge in [-0.1, -0.05) is 45.4 Å². The van der Waals surface area contributed by atoms with Crippen LogP contribution in [0.1, 0.15) is 69.4 Å². The summed E-state index contributed by atoms with van der Waals surface area (Å²) in [7, 11) is 0. The predicted molar refractivity (Wildman–Crippen MR) is 92.2 cm³/mol. The lowest BCUT2D eigenvalue weighted by atomic mass is 9.83. The van der Waals surface area contributed by atoms with Crippen LogP contribution < -0.4 is 0 Å². The molecule has 3 rings (SSSR count). The van der Waals surface area contributed by atoms with Crippen molar-refractivity contribution in [1.82, 2.24) is 0 Å². The zero-order valence-corrected chi connectivity index (χ0v) is 14.0. The lowest BCUT2D eigenvalue weighted by molar-refractivity contribution is 0.298. The summed E-state index contributed by atoms with van der Waals surface area (Å²) in [4.78, 5) is 0. The van der Waals surface area contributed by atoms with Crippen LogP contribution in [-0.2, 0) is 0 Å². The molecule has 2 unspecified atom stereocenters. The summed E-state index contributed by atoms with van der Waals surface area (Å²) in [5, 5.41) is 0. The fourth-order valence-electron chi connectivity index (χ4n) is 5.27. The van der Waals surface area contributed by atoms with E-state index in [0.29, 0.717) is 5.92 Å². The van der Waals surface area contributed by atoms with Gasteiger partial charge in [0.05, 0.1) is 0 Å². The van der Waals surface area contributed by atoms with E-state index in [4.69, 9.17) is 0 Å². The Morgan fingerprint density at radius 2 is 1.73 bits per heavy atom. The number of fused-ring (bicyclic) bond motifs is 1. The summed E-state index contributed by atoms with van der Waals surface area (Å²) in [5.74, 6) is 4.08. The normalized spacial score (nSPS) is 30.7. The minimum absolute atomic E-state index is 0.112. The molecule has 1 aromatic rings. The van der Waals surface area contributed by atoms with Gasteiger partial charge >= 0.3 is 0 Å². The molecule has 2 aliphatic carbocycles. The van der Waals surface area contributed by atoms with E-state index in [-0.39, 0.29) is 5.82 Å². The largest absolute Gasteiger partial charge is 0.207 e. The Labute approximate surface area is 134 Å². The minimum atomic E-state index is -0.112. The van der Waals surface area contributed by atoms with E-state index in [2.05, 4.69) is 26.5 Å². The van der Waals surface area contributed by atoms with Gasteiger partial charge in [0.1, 0.15) is 5.82 Å². The van der Waals surface area contributed by atoms with Gasteiger partial charge in [-0.3, -0.25) is 0 Å². The van der Waals surface area contributed by atoms with Crippen molar-refractivity contribution in [2.45, 2.75) is 58.3 Å². The van der Waals surface area contributed by atoms with Crippen LogP contribution in [0.5, 0.6) is 0 Å². The number of hydrogen-bond acceptors (Lipinski definition) is 0. The van der Waals surface area contributed by atoms with Gasteiger partial charge in [0.25, 0.3) is 0 Å². The molecule has 0 spiro atoms. The molecular weight excluding hydrogens is 271 g/mol. The van der Waals surface area contributed by atoms with Gasteiger partial charge in [-0.15, -0.1) is 0 Å². The van der Waals surface area contributed by atoms with Gasteiger partial charge in [-0.25, -0.2) is 4.39 Å². The van der Waals surface area contributed by atoms with E-state index >= 15 is 0 Å². The lowest BCUT2D eigenvalue weighted by Gasteiger charge is -2.22. The number of benzene rings is 1. The zero-order chi connectivity index (χ0) is 15.7. The number of hydrogen-bond donors (Lipinski definition) is 0. The van der Waals surface area contributed by atoms with Gasteiger partial charge in [-0.05, 0) is 78.5 Å². The third-order valence-corrected chi connectivity index (χ3v) is 6.42. The van der Waals surface area contributed by atoms with E-state index in [9.17, 15) is 4.39 Å². The Hall–Kier alpha value is -1.11. The molecule has 2 atom stereocenters. The summed E-state index contributed by atoms with van der Waals surface area (Å²) in [6.07, 6.45) is 9.77. The molecule has 120 valence electrons. The highest BCUT2D eigenvalue weighted by Crippen LogP contribution is 2.54. The molecule has 0 radical (unpaired) electrons. The molecular formula is C21H29F. The molecule has 22 heavy (non-hydrogen) atoms. The van der Waals surface area contributed by atoms with Gasteiger partial charge < -0.3 is 0 Å². The molecule has 0 aromatic heterocycles. The summed E-state index contributed by atoms with van der Waals surface area (Å²) >= 11 is 0. The maximum Gasteiger partial charge on any atom is 0.124 e. The SMILES string of the molecule is C=Cc1cc(F)cc(C2CC3CC(C(CC)CC)CC3C2)c1. The van der Waals surface area contributed by atoms with E-state index in [1.807, 2.05) is 0 Å². The lowest BCUT2D eigenvalue weighted by Crippen LogP contribution is -2.11. The monoisotopic (exact) mass is 300 g/mol.